The zero-order valence-electron chi connectivity index (χ0n) is 12.0. The highest BCUT2D eigenvalue weighted by molar-refractivity contribution is 7.08. The molecule has 22 heavy (non-hydrogen) atoms. The maximum atomic E-state index is 3.56. The fourth-order valence-electron chi connectivity index (χ4n) is 2.72. The second-order valence-electron chi connectivity index (χ2n) is 5.22. The summed E-state index contributed by atoms with van der Waals surface area (Å²) in [6, 6.07) is 21.1. The van der Waals surface area contributed by atoms with E-state index < -0.39 is 0 Å². The number of thiophene rings is 1. The third-order valence-corrected chi connectivity index (χ3v) is 4.50. The summed E-state index contributed by atoms with van der Waals surface area (Å²) in [6.07, 6.45) is 4.39. The molecular formula is C20H15NS. The van der Waals surface area contributed by atoms with Gasteiger partial charge in [0.25, 0.3) is 0 Å². The molecule has 0 bridgehead atoms. The smallest absolute Gasteiger partial charge is 0.0538 e. The van der Waals surface area contributed by atoms with E-state index in [1.807, 2.05) is 6.07 Å². The van der Waals surface area contributed by atoms with Crippen molar-refractivity contribution in [1.82, 2.24) is 4.98 Å². The molecule has 0 radical (unpaired) electrons. The Morgan fingerprint density at radius 1 is 0.818 bits per heavy atom. The van der Waals surface area contributed by atoms with Gasteiger partial charge in [-0.2, -0.15) is 11.3 Å². The number of hydrogen-bond acceptors (Lipinski definition) is 1. The minimum absolute atomic E-state index is 1.17. The van der Waals surface area contributed by atoms with Crippen molar-refractivity contribution in [1.29, 1.82) is 0 Å². The number of rotatable bonds is 3. The van der Waals surface area contributed by atoms with E-state index in [0.29, 0.717) is 0 Å². The molecule has 2 aromatic heterocycles. The van der Waals surface area contributed by atoms with Crippen molar-refractivity contribution in [2.45, 2.75) is 0 Å². The van der Waals surface area contributed by atoms with Crippen LogP contribution in [0.1, 0.15) is 11.1 Å². The van der Waals surface area contributed by atoms with E-state index in [1.54, 1.807) is 11.3 Å². The molecule has 0 aliphatic carbocycles. The Balaban J connectivity index is 1.90. The van der Waals surface area contributed by atoms with Crippen LogP contribution >= 0.6 is 11.3 Å². The Kier molecular flexibility index (Phi) is 3.37. The van der Waals surface area contributed by atoms with Crippen molar-refractivity contribution in [3.8, 4) is 11.3 Å². The summed E-state index contributed by atoms with van der Waals surface area (Å²) in [5, 5.41) is 5.52. The van der Waals surface area contributed by atoms with Crippen LogP contribution in [0.15, 0.2) is 71.4 Å². The summed E-state index contributed by atoms with van der Waals surface area (Å²) in [5.74, 6) is 0. The van der Waals surface area contributed by atoms with Gasteiger partial charge in [-0.3, -0.25) is 0 Å². The average molecular weight is 301 g/mol. The summed E-state index contributed by atoms with van der Waals surface area (Å²) in [7, 11) is 0. The predicted molar refractivity (Wildman–Crippen MR) is 97.0 cm³/mol. The Labute approximate surface area is 133 Å². The van der Waals surface area contributed by atoms with Gasteiger partial charge < -0.3 is 4.98 Å². The Hall–Kier alpha value is -2.58. The Morgan fingerprint density at radius 2 is 1.64 bits per heavy atom. The van der Waals surface area contributed by atoms with Crippen LogP contribution in [0.3, 0.4) is 0 Å². The molecule has 1 N–H and O–H groups in total. The summed E-state index contributed by atoms with van der Waals surface area (Å²) >= 11 is 1.72. The van der Waals surface area contributed by atoms with Gasteiger partial charge in [-0.1, -0.05) is 60.7 Å². The van der Waals surface area contributed by atoms with Crippen LogP contribution in [0.5, 0.6) is 0 Å². The van der Waals surface area contributed by atoms with E-state index in [-0.39, 0.29) is 0 Å². The summed E-state index contributed by atoms with van der Waals surface area (Å²) in [4.78, 5) is 3.56. The van der Waals surface area contributed by atoms with Crippen molar-refractivity contribution in [2.75, 3.05) is 0 Å². The topological polar surface area (TPSA) is 15.8 Å². The van der Waals surface area contributed by atoms with Gasteiger partial charge in [0, 0.05) is 16.5 Å². The lowest BCUT2D eigenvalue weighted by Gasteiger charge is -2.00. The maximum Gasteiger partial charge on any atom is 0.0538 e. The van der Waals surface area contributed by atoms with Gasteiger partial charge in [0.1, 0.15) is 0 Å². The summed E-state index contributed by atoms with van der Waals surface area (Å²) < 4.78 is 0. The first-order valence-corrected chi connectivity index (χ1v) is 8.22. The first-order valence-electron chi connectivity index (χ1n) is 7.28. The second-order valence-corrected chi connectivity index (χ2v) is 6.00. The van der Waals surface area contributed by atoms with E-state index in [2.05, 4.69) is 82.5 Å². The molecule has 1 nitrogen and oxygen atoms in total. The first-order chi connectivity index (χ1) is 10.9. The van der Waals surface area contributed by atoms with E-state index in [1.165, 1.54) is 33.3 Å². The first kappa shape index (κ1) is 13.1. The number of aromatic nitrogens is 1. The molecule has 0 aliphatic rings. The normalized spacial score (nSPS) is 11.5. The molecule has 0 saturated carbocycles. The Bertz CT molecular complexity index is 915. The Morgan fingerprint density at radius 3 is 2.45 bits per heavy atom. The van der Waals surface area contributed by atoms with Crippen LogP contribution in [0.25, 0.3) is 34.3 Å². The molecule has 0 spiro atoms. The fraction of sp³-hybridized carbons (Fsp3) is 0. The largest absolute Gasteiger partial charge is 0.354 e. The number of benzene rings is 2. The SMILES string of the molecule is C(=C\c1c(-c2ccccc2)[nH]c2ccccc12)/c1ccsc1. The third kappa shape index (κ3) is 2.38. The zero-order chi connectivity index (χ0) is 14.8. The number of H-pyrrole nitrogens is 1. The molecule has 0 unspecified atom stereocenters. The van der Waals surface area contributed by atoms with E-state index >= 15 is 0 Å². The van der Waals surface area contributed by atoms with Crippen LogP contribution in [0.2, 0.25) is 0 Å². The van der Waals surface area contributed by atoms with Crippen molar-refractivity contribution in [2.24, 2.45) is 0 Å². The number of aromatic amines is 1. The van der Waals surface area contributed by atoms with Gasteiger partial charge in [0.15, 0.2) is 0 Å². The molecule has 0 fully saturated rings. The fourth-order valence-corrected chi connectivity index (χ4v) is 3.35. The molecule has 2 heterocycles. The number of fused-ring (bicyclic) bond motifs is 1. The van der Waals surface area contributed by atoms with Crippen LogP contribution < -0.4 is 0 Å². The van der Waals surface area contributed by atoms with Gasteiger partial charge in [-0.05, 0) is 34.0 Å². The van der Waals surface area contributed by atoms with Crippen molar-refractivity contribution in [3.63, 3.8) is 0 Å². The molecular weight excluding hydrogens is 286 g/mol. The highest BCUT2D eigenvalue weighted by atomic mass is 32.1. The third-order valence-electron chi connectivity index (χ3n) is 3.79. The van der Waals surface area contributed by atoms with E-state index in [4.69, 9.17) is 0 Å². The zero-order valence-corrected chi connectivity index (χ0v) is 12.8. The molecule has 4 aromatic rings. The van der Waals surface area contributed by atoms with Crippen LogP contribution in [-0.2, 0) is 0 Å². The lowest BCUT2D eigenvalue weighted by molar-refractivity contribution is 1.45. The van der Waals surface area contributed by atoms with Crippen molar-refractivity contribution < 1.29 is 0 Å². The van der Waals surface area contributed by atoms with Gasteiger partial charge in [0.2, 0.25) is 0 Å². The van der Waals surface area contributed by atoms with Crippen molar-refractivity contribution in [3.05, 3.63) is 82.6 Å². The average Bonchev–Trinajstić information content (AvgIpc) is 3.21. The summed E-state index contributed by atoms with van der Waals surface area (Å²) in [5.41, 5.74) is 6.05. The molecule has 0 atom stereocenters. The van der Waals surface area contributed by atoms with E-state index in [0.717, 1.165) is 0 Å². The standard InChI is InChI=1S/C20H15NS/c1-2-6-16(7-3-1)20-18(11-10-15-12-13-22-14-15)17-8-4-5-9-19(17)21-20/h1-14,21H/b11-10+. The second kappa shape index (κ2) is 5.66. The molecule has 106 valence electrons. The number of para-hydroxylation sites is 1. The minimum atomic E-state index is 1.17. The predicted octanol–water partition coefficient (Wildman–Crippen LogP) is 6.07. The monoisotopic (exact) mass is 301 g/mol. The lowest BCUT2D eigenvalue weighted by Crippen LogP contribution is -1.80. The molecule has 2 aromatic carbocycles. The summed E-state index contributed by atoms with van der Waals surface area (Å²) in [6.45, 7) is 0. The van der Waals surface area contributed by atoms with Gasteiger partial charge in [0.05, 0.1) is 5.69 Å². The number of hydrogen-bond donors (Lipinski definition) is 1. The molecule has 0 saturated heterocycles. The van der Waals surface area contributed by atoms with Crippen molar-refractivity contribution >= 4 is 34.4 Å². The van der Waals surface area contributed by atoms with Crippen LogP contribution in [0.4, 0.5) is 0 Å². The van der Waals surface area contributed by atoms with Gasteiger partial charge in [-0.25, -0.2) is 0 Å². The highest BCUT2D eigenvalue weighted by Gasteiger charge is 2.10. The van der Waals surface area contributed by atoms with E-state index in [9.17, 15) is 0 Å². The quantitative estimate of drug-likeness (QED) is 0.473. The van der Waals surface area contributed by atoms with Gasteiger partial charge in [-0.15, -0.1) is 0 Å². The number of nitrogens with one attached hydrogen (secondary N) is 1. The molecule has 4 rings (SSSR count). The highest BCUT2D eigenvalue weighted by Crippen LogP contribution is 2.31. The lowest BCUT2D eigenvalue weighted by atomic mass is 10.0. The van der Waals surface area contributed by atoms with Crippen LogP contribution in [0, 0.1) is 0 Å². The molecule has 0 amide bonds. The molecule has 2 heteroatoms. The molecule has 0 aliphatic heterocycles. The van der Waals surface area contributed by atoms with Gasteiger partial charge >= 0.3 is 0 Å². The minimum Gasteiger partial charge on any atom is -0.354 e. The maximum absolute atomic E-state index is 3.56. The van der Waals surface area contributed by atoms with Crippen LogP contribution in [-0.4, -0.2) is 4.98 Å².